The molecule has 0 N–H and O–H groups in total. The summed E-state index contributed by atoms with van der Waals surface area (Å²) in [6.07, 6.45) is -4.31. The van der Waals surface area contributed by atoms with Crippen LogP contribution >= 0.6 is 0 Å². The molecule has 7 heteroatoms. The van der Waals surface area contributed by atoms with Crippen LogP contribution in [0.2, 0.25) is 0 Å². The van der Waals surface area contributed by atoms with Gasteiger partial charge in [-0.3, -0.25) is 4.18 Å². The molecule has 0 aromatic heterocycles. The van der Waals surface area contributed by atoms with E-state index in [1.807, 2.05) is 6.92 Å². The first-order valence-electron chi connectivity index (χ1n) is 6.21. The third-order valence-electron chi connectivity index (χ3n) is 3.47. The minimum atomic E-state index is -4.19. The third kappa shape index (κ3) is 3.52. The number of hydrogen-bond donors (Lipinski definition) is 0. The number of halogens is 3. The van der Waals surface area contributed by atoms with Gasteiger partial charge in [-0.1, -0.05) is 17.7 Å². The van der Waals surface area contributed by atoms with E-state index in [0.717, 1.165) is 5.56 Å². The molecule has 1 aromatic carbocycles. The minimum Gasteiger partial charge on any atom is -0.266 e. The van der Waals surface area contributed by atoms with Crippen molar-refractivity contribution in [3.63, 3.8) is 0 Å². The Hall–Kier alpha value is -1.08. The second-order valence-electron chi connectivity index (χ2n) is 5.13. The molecule has 1 aliphatic rings. The quantitative estimate of drug-likeness (QED) is 0.802. The van der Waals surface area contributed by atoms with E-state index in [0.29, 0.717) is 0 Å². The molecule has 1 fully saturated rings. The van der Waals surface area contributed by atoms with Gasteiger partial charge in [0.2, 0.25) is 0 Å². The van der Waals surface area contributed by atoms with Gasteiger partial charge in [0.05, 0.1) is 17.4 Å². The smallest absolute Gasteiger partial charge is 0.266 e. The zero-order valence-corrected chi connectivity index (χ0v) is 11.7. The summed E-state index contributed by atoms with van der Waals surface area (Å²) in [5, 5.41) is 0. The first-order valence-corrected chi connectivity index (χ1v) is 7.62. The fraction of sp³-hybridized carbons (Fsp3) is 0.538. The van der Waals surface area contributed by atoms with Crippen LogP contribution in [0.4, 0.5) is 13.2 Å². The van der Waals surface area contributed by atoms with Gasteiger partial charge in [0, 0.05) is 0 Å². The number of benzene rings is 1. The molecule has 112 valence electrons. The Bertz CT molecular complexity index is 558. The standard InChI is InChI=1S/C13H15F3O3S/c1-9-2-4-12(5-3-9)20(17,18)19-8-10-6-11(7-10)13(14,15)16/h2-5,10-11H,6-8H2,1H3. The van der Waals surface area contributed by atoms with Gasteiger partial charge in [-0.25, -0.2) is 0 Å². The van der Waals surface area contributed by atoms with Crippen molar-refractivity contribution in [1.82, 2.24) is 0 Å². The van der Waals surface area contributed by atoms with Crippen LogP contribution in [0.25, 0.3) is 0 Å². The summed E-state index contributed by atoms with van der Waals surface area (Å²) >= 11 is 0. The lowest BCUT2D eigenvalue weighted by Crippen LogP contribution is -2.38. The highest BCUT2D eigenvalue weighted by Gasteiger charge is 2.48. The lowest BCUT2D eigenvalue weighted by molar-refractivity contribution is -0.206. The van der Waals surface area contributed by atoms with E-state index in [-0.39, 0.29) is 30.3 Å². The number of rotatable bonds is 4. The van der Waals surface area contributed by atoms with Gasteiger partial charge in [0.1, 0.15) is 0 Å². The number of hydrogen-bond acceptors (Lipinski definition) is 3. The summed E-state index contributed by atoms with van der Waals surface area (Å²) in [5.41, 5.74) is 0.913. The van der Waals surface area contributed by atoms with E-state index in [9.17, 15) is 21.6 Å². The predicted molar refractivity (Wildman–Crippen MR) is 66.6 cm³/mol. The van der Waals surface area contributed by atoms with Crippen molar-refractivity contribution in [3.05, 3.63) is 29.8 Å². The average Bonchev–Trinajstić information content (AvgIpc) is 2.25. The third-order valence-corrected chi connectivity index (χ3v) is 4.76. The van der Waals surface area contributed by atoms with Gasteiger partial charge in [0.15, 0.2) is 0 Å². The first kappa shape index (κ1) is 15.3. The summed E-state index contributed by atoms with van der Waals surface area (Å²) in [6, 6.07) is 6.12. The molecule has 1 aromatic rings. The van der Waals surface area contributed by atoms with Gasteiger partial charge >= 0.3 is 6.18 Å². The minimum absolute atomic E-state index is 0.0230. The molecule has 0 bridgehead atoms. The van der Waals surface area contributed by atoms with Gasteiger partial charge in [0.25, 0.3) is 10.1 Å². The van der Waals surface area contributed by atoms with Crippen LogP contribution in [-0.4, -0.2) is 21.2 Å². The van der Waals surface area contributed by atoms with Crippen LogP contribution in [-0.2, 0) is 14.3 Å². The largest absolute Gasteiger partial charge is 0.391 e. The second-order valence-corrected chi connectivity index (χ2v) is 6.74. The van der Waals surface area contributed by atoms with Crippen LogP contribution < -0.4 is 0 Å². The maximum atomic E-state index is 12.3. The van der Waals surface area contributed by atoms with Crippen molar-refractivity contribution in [2.45, 2.75) is 30.8 Å². The SMILES string of the molecule is Cc1ccc(S(=O)(=O)OCC2CC(C(F)(F)F)C2)cc1. The zero-order valence-electron chi connectivity index (χ0n) is 10.9. The summed E-state index contributed by atoms with van der Waals surface area (Å²) in [6.45, 7) is 1.63. The summed E-state index contributed by atoms with van der Waals surface area (Å²) in [4.78, 5) is 0.0230. The Balaban J connectivity index is 1.87. The van der Waals surface area contributed by atoms with E-state index in [1.165, 1.54) is 12.1 Å². The summed E-state index contributed by atoms with van der Waals surface area (Å²) in [5.74, 6) is -1.67. The van der Waals surface area contributed by atoms with Crippen LogP contribution in [0.15, 0.2) is 29.2 Å². The summed E-state index contributed by atoms with van der Waals surface area (Å²) in [7, 11) is -3.88. The molecular formula is C13H15F3O3S. The van der Waals surface area contributed by atoms with E-state index in [4.69, 9.17) is 4.18 Å². The van der Waals surface area contributed by atoms with Crippen molar-refractivity contribution in [2.75, 3.05) is 6.61 Å². The molecule has 0 atom stereocenters. The molecular weight excluding hydrogens is 293 g/mol. The molecule has 3 nitrogen and oxygen atoms in total. The van der Waals surface area contributed by atoms with Crippen molar-refractivity contribution in [1.29, 1.82) is 0 Å². The number of aryl methyl sites for hydroxylation is 1. The monoisotopic (exact) mass is 308 g/mol. The van der Waals surface area contributed by atoms with Crippen LogP contribution in [0.3, 0.4) is 0 Å². The molecule has 0 unspecified atom stereocenters. The van der Waals surface area contributed by atoms with E-state index in [1.54, 1.807) is 12.1 Å². The molecule has 1 saturated carbocycles. The van der Waals surface area contributed by atoms with Crippen molar-refractivity contribution in [3.8, 4) is 0 Å². The lowest BCUT2D eigenvalue weighted by Gasteiger charge is -2.35. The maximum absolute atomic E-state index is 12.3. The first-order chi connectivity index (χ1) is 9.18. The summed E-state index contributed by atoms with van der Waals surface area (Å²) < 4.78 is 65.3. The fourth-order valence-electron chi connectivity index (χ4n) is 2.10. The normalized spacial score (nSPS) is 23.4. The van der Waals surface area contributed by atoms with E-state index >= 15 is 0 Å². The molecule has 0 spiro atoms. The Morgan fingerprint density at radius 2 is 1.75 bits per heavy atom. The Kier molecular flexibility index (Phi) is 4.11. The van der Waals surface area contributed by atoms with Crippen molar-refractivity contribution in [2.24, 2.45) is 11.8 Å². The Morgan fingerprint density at radius 3 is 2.25 bits per heavy atom. The molecule has 1 aliphatic carbocycles. The highest BCUT2D eigenvalue weighted by Crippen LogP contribution is 2.44. The Morgan fingerprint density at radius 1 is 1.20 bits per heavy atom. The van der Waals surface area contributed by atoms with Crippen LogP contribution in [0, 0.1) is 18.8 Å². The molecule has 0 heterocycles. The highest BCUT2D eigenvalue weighted by molar-refractivity contribution is 7.86. The van der Waals surface area contributed by atoms with Gasteiger partial charge < -0.3 is 0 Å². The molecule has 2 rings (SSSR count). The average molecular weight is 308 g/mol. The topological polar surface area (TPSA) is 43.4 Å². The van der Waals surface area contributed by atoms with Gasteiger partial charge in [-0.2, -0.15) is 21.6 Å². The van der Waals surface area contributed by atoms with Crippen molar-refractivity contribution < 1.29 is 25.8 Å². The predicted octanol–water partition coefficient (Wildman–Crippen LogP) is 3.29. The number of alkyl halides is 3. The second kappa shape index (κ2) is 5.37. The lowest BCUT2D eigenvalue weighted by atomic mass is 9.75. The van der Waals surface area contributed by atoms with Gasteiger partial charge in [-0.05, 0) is 37.8 Å². The zero-order chi connectivity index (χ0) is 15.0. The molecule has 20 heavy (non-hydrogen) atoms. The molecule has 0 radical (unpaired) electrons. The maximum Gasteiger partial charge on any atom is 0.391 e. The molecule has 0 amide bonds. The van der Waals surface area contributed by atoms with Crippen LogP contribution in [0.1, 0.15) is 18.4 Å². The van der Waals surface area contributed by atoms with Gasteiger partial charge in [-0.15, -0.1) is 0 Å². The van der Waals surface area contributed by atoms with E-state index < -0.39 is 22.2 Å². The van der Waals surface area contributed by atoms with E-state index in [2.05, 4.69) is 0 Å². The fourth-order valence-corrected chi connectivity index (χ4v) is 3.07. The van der Waals surface area contributed by atoms with Crippen molar-refractivity contribution >= 4 is 10.1 Å². The molecule has 0 saturated heterocycles. The highest BCUT2D eigenvalue weighted by atomic mass is 32.2. The Labute approximate surface area is 115 Å². The molecule has 0 aliphatic heterocycles. The van der Waals surface area contributed by atoms with Crippen LogP contribution in [0.5, 0.6) is 0 Å².